The van der Waals surface area contributed by atoms with Gasteiger partial charge < -0.3 is 0 Å². The Balaban J connectivity index is 1.73. The SMILES string of the molecule is Cc1nn(C)c(CC(NN)C2C3CCCCC32)c1Cl. The fourth-order valence-electron chi connectivity index (χ4n) is 4.06. The van der Waals surface area contributed by atoms with Gasteiger partial charge >= 0.3 is 0 Å². The molecule has 4 nitrogen and oxygen atoms in total. The highest BCUT2D eigenvalue weighted by Gasteiger charge is 2.53. The molecular weight excluding hydrogens is 260 g/mol. The summed E-state index contributed by atoms with van der Waals surface area (Å²) in [6, 6.07) is 0.334. The molecule has 1 aromatic heterocycles. The van der Waals surface area contributed by atoms with Gasteiger partial charge in [-0.3, -0.25) is 16.0 Å². The van der Waals surface area contributed by atoms with Crippen LogP contribution in [0.4, 0.5) is 0 Å². The van der Waals surface area contributed by atoms with E-state index in [1.54, 1.807) is 0 Å². The van der Waals surface area contributed by atoms with Crippen molar-refractivity contribution < 1.29 is 0 Å². The largest absolute Gasteiger partial charge is 0.271 e. The molecule has 1 aromatic rings. The first-order valence-corrected chi connectivity index (χ1v) is 7.65. The van der Waals surface area contributed by atoms with E-state index in [1.165, 1.54) is 25.7 Å². The third-order valence-corrected chi connectivity index (χ3v) is 5.57. The Morgan fingerprint density at radius 3 is 2.53 bits per heavy atom. The van der Waals surface area contributed by atoms with Gasteiger partial charge in [0.25, 0.3) is 0 Å². The number of nitrogens with one attached hydrogen (secondary N) is 1. The molecule has 2 fully saturated rings. The van der Waals surface area contributed by atoms with E-state index in [0.29, 0.717) is 6.04 Å². The van der Waals surface area contributed by atoms with Crippen molar-refractivity contribution in [3.63, 3.8) is 0 Å². The minimum atomic E-state index is 0.334. The minimum absolute atomic E-state index is 0.334. The second-order valence-corrected chi connectivity index (χ2v) is 6.51. The van der Waals surface area contributed by atoms with Crippen LogP contribution in [0, 0.1) is 24.7 Å². The van der Waals surface area contributed by atoms with Crippen LogP contribution in [0.25, 0.3) is 0 Å². The molecule has 3 unspecified atom stereocenters. The molecule has 3 atom stereocenters. The van der Waals surface area contributed by atoms with E-state index in [1.807, 2.05) is 18.7 Å². The van der Waals surface area contributed by atoms with Crippen molar-refractivity contribution in [2.75, 3.05) is 0 Å². The first kappa shape index (κ1) is 13.4. The smallest absolute Gasteiger partial charge is 0.0847 e. The van der Waals surface area contributed by atoms with Crippen molar-refractivity contribution in [1.82, 2.24) is 15.2 Å². The molecule has 3 N–H and O–H groups in total. The summed E-state index contributed by atoms with van der Waals surface area (Å²) in [4.78, 5) is 0. The zero-order valence-corrected chi connectivity index (χ0v) is 12.5. The summed E-state index contributed by atoms with van der Waals surface area (Å²) < 4.78 is 1.90. The topological polar surface area (TPSA) is 55.9 Å². The molecule has 0 spiro atoms. The Labute approximate surface area is 119 Å². The zero-order chi connectivity index (χ0) is 13.6. The number of hydrogen-bond donors (Lipinski definition) is 2. The van der Waals surface area contributed by atoms with Crippen LogP contribution >= 0.6 is 11.6 Å². The number of fused-ring (bicyclic) bond motifs is 1. The van der Waals surface area contributed by atoms with Crippen molar-refractivity contribution >= 4 is 11.6 Å². The third kappa shape index (κ3) is 2.30. The predicted molar refractivity (Wildman–Crippen MR) is 76.7 cm³/mol. The molecule has 0 bridgehead atoms. The van der Waals surface area contributed by atoms with Crippen molar-refractivity contribution in [3.8, 4) is 0 Å². The Bertz CT molecular complexity index is 458. The van der Waals surface area contributed by atoms with Crippen LogP contribution in [0.5, 0.6) is 0 Å². The maximum absolute atomic E-state index is 6.34. The summed E-state index contributed by atoms with van der Waals surface area (Å²) in [7, 11) is 1.96. The second kappa shape index (κ2) is 5.08. The molecule has 1 heterocycles. The monoisotopic (exact) mass is 282 g/mol. The third-order valence-electron chi connectivity index (χ3n) is 5.08. The molecule has 106 valence electrons. The van der Waals surface area contributed by atoms with Gasteiger partial charge in [0.2, 0.25) is 0 Å². The van der Waals surface area contributed by atoms with Gasteiger partial charge in [0.05, 0.1) is 16.4 Å². The van der Waals surface area contributed by atoms with E-state index in [9.17, 15) is 0 Å². The summed E-state index contributed by atoms with van der Waals surface area (Å²) in [5.74, 6) is 8.32. The Hall–Kier alpha value is -0.580. The molecule has 5 heteroatoms. The predicted octanol–water partition coefficient (Wildman–Crippen LogP) is 2.19. The summed E-state index contributed by atoms with van der Waals surface area (Å²) >= 11 is 6.34. The fraction of sp³-hybridized carbons (Fsp3) is 0.786. The maximum Gasteiger partial charge on any atom is 0.0847 e. The molecule has 0 aliphatic heterocycles. The molecule has 19 heavy (non-hydrogen) atoms. The molecular formula is C14H23ClN4. The Kier molecular flexibility index (Phi) is 3.58. The van der Waals surface area contributed by atoms with Crippen LogP contribution in [0.3, 0.4) is 0 Å². The molecule has 2 aliphatic carbocycles. The van der Waals surface area contributed by atoms with Crippen LogP contribution in [0.1, 0.15) is 37.1 Å². The number of rotatable bonds is 4. The number of nitrogens with two attached hydrogens (primary N) is 1. The molecule has 3 rings (SSSR count). The van der Waals surface area contributed by atoms with Gasteiger partial charge in [0, 0.05) is 19.5 Å². The lowest BCUT2D eigenvalue weighted by Gasteiger charge is -2.16. The van der Waals surface area contributed by atoms with E-state index >= 15 is 0 Å². The molecule has 0 saturated heterocycles. The van der Waals surface area contributed by atoms with E-state index in [0.717, 1.165) is 40.6 Å². The van der Waals surface area contributed by atoms with Gasteiger partial charge in [0.15, 0.2) is 0 Å². The first-order chi connectivity index (χ1) is 9.13. The van der Waals surface area contributed by atoms with Gasteiger partial charge in [-0.05, 0) is 37.5 Å². The Morgan fingerprint density at radius 1 is 1.42 bits per heavy atom. The highest BCUT2D eigenvalue weighted by Crippen LogP contribution is 2.57. The number of hydrogen-bond acceptors (Lipinski definition) is 3. The highest BCUT2D eigenvalue weighted by molar-refractivity contribution is 6.31. The average Bonchev–Trinajstić information content (AvgIpc) is 3.07. The molecule has 0 amide bonds. The van der Waals surface area contributed by atoms with Gasteiger partial charge in [-0.25, -0.2) is 0 Å². The normalized spacial score (nSPS) is 31.1. The number of hydrazine groups is 1. The summed E-state index contributed by atoms with van der Waals surface area (Å²) in [6.45, 7) is 1.95. The molecule has 0 radical (unpaired) electrons. The second-order valence-electron chi connectivity index (χ2n) is 6.14. The van der Waals surface area contributed by atoms with Gasteiger partial charge in [0.1, 0.15) is 0 Å². The minimum Gasteiger partial charge on any atom is -0.271 e. The van der Waals surface area contributed by atoms with Crippen molar-refractivity contribution in [2.45, 2.75) is 45.1 Å². The van der Waals surface area contributed by atoms with Crippen molar-refractivity contribution in [2.24, 2.45) is 30.6 Å². The highest BCUT2D eigenvalue weighted by atomic mass is 35.5. The quantitative estimate of drug-likeness (QED) is 0.657. The molecule has 2 saturated carbocycles. The van der Waals surface area contributed by atoms with E-state index in [-0.39, 0.29) is 0 Å². The van der Waals surface area contributed by atoms with Crippen LogP contribution in [-0.2, 0) is 13.5 Å². The summed E-state index contributed by atoms with van der Waals surface area (Å²) in [5, 5.41) is 5.18. The van der Waals surface area contributed by atoms with Crippen LogP contribution < -0.4 is 11.3 Å². The number of halogens is 1. The van der Waals surface area contributed by atoms with Gasteiger partial charge in [-0.2, -0.15) is 5.10 Å². The van der Waals surface area contributed by atoms with E-state index in [4.69, 9.17) is 17.4 Å². The first-order valence-electron chi connectivity index (χ1n) is 7.27. The van der Waals surface area contributed by atoms with Crippen LogP contribution in [-0.4, -0.2) is 15.8 Å². The lowest BCUT2D eigenvalue weighted by molar-refractivity contribution is 0.427. The number of aryl methyl sites for hydroxylation is 2. The number of aromatic nitrogens is 2. The lowest BCUT2D eigenvalue weighted by atomic mass is 10.0. The van der Waals surface area contributed by atoms with E-state index in [2.05, 4.69) is 10.5 Å². The van der Waals surface area contributed by atoms with Gasteiger partial charge in [-0.15, -0.1) is 0 Å². The molecule has 2 aliphatic rings. The summed E-state index contributed by atoms with van der Waals surface area (Å²) in [5.41, 5.74) is 5.04. The maximum atomic E-state index is 6.34. The van der Waals surface area contributed by atoms with E-state index < -0.39 is 0 Å². The average molecular weight is 283 g/mol. The Morgan fingerprint density at radius 2 is 2.05 bits per heavy atom. The summed E-state index contributed by atoms with van der Waals surface area (Å²) in [6.07, 6.45) is 6.42. The lowest BCUT2D eigenvalue weighted by Crippen LogP contribution is -2.39. The fourth-order valence-corrected chi connectivity index (χ4v) is 4.30. The van der Waals surface area contributed by atoms with Crippen molar-refractivity contribution in [1.29, 1.82) is 0 Å². The van der Waals surface area contributed by atoms with Gasteiger partial charge in [-0.1, -0.05) is 24.4 Å². The standard InChI is InChI=1S/C14H23ClN4/c1-8-14(15)12(19(2)18-8)7-11(17-16)13-9-5-3-4-6-10(9)13/h9-11,13,17H,3-7,16H2,1-2H3. The van der Waals surface area contributed by atoms with Crippen molar-refractivity contribution in [3.05, 3.63) is 16.4 Å². The van der Waals surface area contributed by atoms with Crippen LogP contribution in [0.2, 0.25) is 5.02 Å². The zero-order valence-electron chi connectivity index (χ0n) is 11.7. The van der Waals surface area contributed by atoms with Crippen LogP contribution in [0.15, 0.2) is 0 Å². The molecule has 0 aromatic carbocycles. The number of nitrogens with zero attached hydrogens (tertiary/aromatic N) is 2.